The van der Waals surface area contributed by atoms with Crippen LogP contribution in [-0.4, -0.2) is 45.8 Å². The summed E-state index contributed by atoms with van der Waals surface area (Å²) in [5.41, 5.74) is 3.58. The van der Waals surface area contributed by atoms with E-state index in [4.69, 9.17) is 0 Å². The Morgan fingerprint density at radius 1 is 1.23 bits per heavy atom. The van der Waals surface area contributed by atoms with Crippen LogP contribution in [0.15, 0.2) is 42.9 Å². The fourth-order valence-corrected chi connectivity index (χ4v) is 3.60. The predicted molar refractivity (Wildman–Crippen MR) is 102 cm³/mol. The van der Waals surface area contributed by atoms with Crippen molar-refractivity contribution in [3.05, 3.63) is 59.7 Å². The summed E-state index contributed by atoms with van der Waals surface area (Å²) in [4.78, 5) is 26.0. The standard InChI is InChI=1S/C20H23N5O/c1-14-6-7-18-22-16(13-24(18)12-14)20(26)25-10-4-5-17(25)15-8-9-21-19(11-15)23(2)3/h6-9,11-13,17H,4-5,10H2,1-3H3/t17-/m0/s1. The van der Waals surface area contributed by atoms with Gasteiger partial charge in [-0.3, -0.25) is 4.79 Å². The van der Waals surface area contributed by atoms with Gasteiger partial charge in [0.1, 0.15) is 17.2 Å². The first-order chi connectivity index (χ1) is 12.5. The molecule has 1 saturated heterocycles. The van der Waals surface area contributed by atoms with E-state index in [0.717, 1.165) is 42.0 Å². The van der Waals surface area contributed by atoms with Gasteiger partial charge in [0.25, 0.3) is 5.91 Å². The average molecular weight is 349 g/mol. The molecule has 6 nitrogen and oxygen atoms in total. The lowest BCUT2D eigenvalue weighted by Crippen LogP contribution is -2.31. The SMILES string of the molecule is Cc1ccc2nc(C(=O)N3CCC[C@H]3c3ccnc(N(C)C)c3)cn2c1. The Labute approximate surface area is 153 Å². The van der Waals surface area contributed by atoms with Gasteiger partial charge in [-0.05, 0) is 49.1 Å². The Morgan fingerprint density at radius 2 is 2.08 bits per heavy atom. The van der Waals surface area contributed by atoms with Gasteiger partial charge in [-0.2, -0.15) is 0 Å². The molecule has 0 aliphatic carbocycles. The van der Waals surface area contributed by atoms with Gasteiger partial charge < -0.3 is 14.2 Å². The molecule has 0 spiro atoms. The van der Waals surface area contributed by atoms with Crippen LogP contribution in [0.3, 0.4) is 0 Å². The third-order valence-electron chi connectivity index (χ3n) is 4.94. The van der Waals surface area contributed by atoms with Crippen molar-refractivity contribution in [2.24, 2.45) is 0 Å². The molecule has 0 unspecified atom stereocenters. The molecule has 1 fully saturated rings. The third-order valence-corrected chi connectivity index (χ3v) is 4.94. The smallest absolute Gasteiger partial charge is 0.274 e. The lowest BCUT2D eigenvalue weighted by atomic mass is 10.1. The van der Waals surface area contributed by atoms with Crippen molar-refractivity contribution in [1.29, 1.82) is 0 Å². The molecule has 4 rings (SSSR count). The molecule has 4 heterocycles. The summed E-state index contributed by atoms with van der Waals surface area (Å²) in [6.07, 6.45) is 7.61. The molecule has 0 radical (unpaired) electrons. The van der Waals surface area contributed by atoms with Gasteiger partial charge >= 0.3 is 0 Å². The van der Waals surface area contributed by atoms with E-state index in [9.17, 15) is 4.79 Å². The number of pyridine rings is 2. The molecule has 3 aromatic rings. The molecule has 3 aromatic heterocycles. The number of anilines is 1. The molecule has 0 saturated carbocycles. The molecule has 1 atom stereocenters. The van der Waals surface area contributed by atoms with Crippen LogP contribution in [0, 0.1) is 6.92 Å². The third kappa shape index (κ3) is 2.92. The van der Waals surface area contributed by atoms with E-state index < -0.39 is 0 Å². The number of nitrogens with zero attached hydrogens (tertiary/aromatic N) is 5. The zero-order chi connectivity index (χ0) is 18.3. The summed E-state index contributed by atoms with van der Waals surface area (Å²) < 4.78 is 1.92. The Morgan fingerprint density at radius 3 is 2.88 bits per heavy atom. The van der Waals surface area contributed by atoms with E-state index in [-0.39, 0.29) is 11.9 Å². The van der Waals surface area contributed by atoms with Gasteiger partial charge in [-0.15, -0.1) is 0 Å². The molecular weight excluding hydrogens is 326 g/mol. The Bertz CT molecular complexity index is 962. The summed E-state index contributed by atoms with van der Waals surface area (Å²) in [5.74, 6) is 0.905. The van der Waals surface area contributed by atoms with Crippen LogP contribution < -0.4 is 4.90 Å². The average Bonchev–Trinajstić information content (AvgIpc) is 3.27. The van der Waals surface area contributed by atoms with Crippen LogP contribution in [0.5, 0.6) is 0 Å². The minimum Gasteiger partial charge on any atom is -0.363 e. The Balaban J connectivity index is 1.65. The quantitative estimate of drug-likeness (QED) is 0.729. The number of amides is 1. The normalized spacial score (nSPS) is 17.0. The fraction of sp³-hybridized carbons (Fsp3) is 0.350. The summed E-state index contributed by atoms with van der Waals surface area (Å²) >= 11 is 0. The van der Waals surface area contributed by atoms with E-state index in [2.05, 4.69) is 16.0 Å². The van der Waals surface area contributed by atoms with E-state index in [1.54, 1.807) is 0 Å². The molecular formula is C20H23N5O. The number of aromatic nitrogens is 3. The highest BCUT2D eigenvalue weighted by Crippen LogP contribution is 2.34. The largest absolute Gasteiger partial charge is 0.363 e. The lowest BCUT2D eigenvalue weighted by molar-refractivity contribution is 0.0730. The van der Waals surface area contributed by atoms with E-state index in [0.29, 0.717) is 5.69 Å². The monoisotopic (exact) mass is 349 g/mol. The molecule has 1 amide bonds. The molecule has 26 heavy (non-hydrogen) atoms. The van der Waals surface area contributed by atoms with Crippen LogP contribution in [0.1, 0.15) is 40.5 Å². The summed E-state index contributed by atoms with van der Waals surface area (Å²) in [5, 5.41) is 0. The number of imidazole rings is 1. The van der Waals surface area contributed by atoms with Gasteiger partial charge in [0, 0.05) is 39.2 Å². The maximum Gasteiger partial charge on any atom is 0.274 e. The van der Waals surface area contributed by atoms with Crippen LogP contribution in [0.4, 0.5) is 5.82 Å². The van der Waals surface area contributed by atoms with Gasteiger partial charge in [-0.1, -0.05) is 6.07 Å². The summed E-state index contributed by atoms with van der Waals surface area (Å²) in [7, 11) is 3.95. The zero-order valence-corrected chi connectivity index (χ0v) is 15.4. The fourth-order valence-electron chi connectivity index (χ4n) is 3.60. The highest BCUT2D eigenvalue weighted by atomic mass is 16.2. The van der Waals surface area contributed by atoms with Gasteiger partial charge in [0.05, 0.1) is 6.04 Å². The Kier molecular flexibility index (Phi) is 4.11. The van der Waals surface area contributed by atoms with E-state index in [1.165, 1.54) is 0 Å². The van der Waals surface area contributed by atoms with Crippen molar-refractivity contribution in [3.8, 4) is 0 Å². The number of hydrogen-bond acceptors (Lipinski definition) is 4. The number of aryl methyl sites for hydroxylation is 1. The van der Waals surface area contributed by atoms with Gasteiger partial charge in [0.15, 0.2) is 0 Å². The van der Waals surface area contributed by atoms with Crippen LogP contribution in [0.25, 0.3) is 5.65 Å². The predicted octanol–water partition coefficient (Wildman–Crippen LogP) is 3.08. The zero-order valence-electron chi connectivity index (χ0n) is 15.4. The van der Waals surface area contributed by atoms with Crippen LogP contribution >= 0.6 is 0 Å². The van der Waals surface area contributed by atoms with Crippen molar-refractivity contribution < 1.29 is 4.79 Å². The molecule has 6 heteroatoms. The maximum absolute atomic E-state index is 13.1. The number of hydrogen-bond donors (Lipinski definition) is 0. The first kappa shape index (κ1) is 16.6. The van der Waals surface area contributed by atoms with Crippen LogP contribution in [-0.2, 0) is 0 Å². The topological polar surface area (TPSA) is 53.7 Å². The molecule has 0 bridgehead atoms. The van der Waals surface area contributed by atoms with Crippen molar-refractivity contribution >= 4 is 17.4 Å². The number of rotatable bonds is 3. The molecule has 1 aliphatic heterocycles. The lowest BCUT2D eigenvalue weighted by Gasteiger charge is -2.25. The minimum atomic E-state index is -0.00271. The second-order valence-electron chi connectivity index (χ2n) is 7.10. The highest BCUT2D eigenvalue weighted by Gasteiger charge is 2.32. The van der Waals surface area contributed by atoms with E-state index >= 15 is 0 Å². The molecule has 134 valence electrons. The van der Waals surface area contributed by atoms with Gasteiger partial charge in [-0.25, -0.2) is 9.97 Å². The highest BCUT2D eigenvalue weighted by molar-refractivity contribution is 5.93. The number of carbonyl (C=O) groups excluding carboxylic acids is 1. The van der Waals surface area contributed by atoms with Crippen molar-refractivity contribution in [3.63, 3.8) is 0 Å². The summed E-state index contributed by atoms with van der Waals surface area (Å²) in [6, 6.07) is 8.12. The second-order valence-corrected chi connectivity index (χ2v) is 7.10. The van der Waals surface area contributed by atoms with Crippen LogP contribution in [0.2, 0.25) is 0 Å². The second kappa shape index (κ2) is 6.44. The van der Waals surface area contributed by atoms with Crippen molar-refractivity contribution in [2.75, 3.05) is 25.5 Å². The maximum atomic E-state index is 13.1. The number of carbonyl (C=O) groups is 1. The first-order valence-corrected chi connectivity index (χ1v) is 8.92. The van der Waals surface area contributed by atoms with Gasteiger partial charge in [0.2, 0.25) is 0 Å². The summed E-state index contributed by atoms with van der Waals surface area (Å²) in [6.45, 7) is 2.79. The number of fused-ring (bicyclic) bond motifs is 1. The first-order valence-electron chi connectivity index (χ1n) is 8.92. The number of likely N-dealkylation sites (tertiary alicyclic amines) is 1. The van der Waals surface area contributed by atoms with E-state index in [1.807, 2.05) is 72.0 Å². The molecule has 0 N–H and O–H groups in total. The minimum absolute atomic E-state index is 0.00271. The van der Waals surface area contributed by atoms with Crippen molar-refractivity contribution in [2.45, 2.75) is 25.8 Å². The molecule has 0 aromatic carbocycles. The Hall–Kier alpha value is -2.89. The molecule has 1 aliphatic rings. The van der Waals surface area contributed by atoms with Crippen molar-refractivity contribution in [1.82, 2.24) is 19.3 Å².